The predicted octanol–water partition coefficient (Wildman–Crippen LogP) is 0.144. The molecule has 0 aliphatic carbocycles. The maximum Gasteiger partial charge on any atom is 0.329 e. The van der Waals surface area contributed by atoms with Gasteiger partial charge < -0.3 is 36.4 Å². The lowest BCUT2D eigenvalue weighted by molar-refractivity contribution is -0.157. The lowest BCUT2D eigenvalue weighted by atomic mass is 10.1. The Morgan fingerprint density at radius 3 is 1.97 bits per heavy atom. The lowest BCUT2D eigenvalue weighted by Crippen LogP contribution is -2.52. The van der Waals surface area contributed by atoms with E-state index in [-0.39, 0.29) is 19.3 Å². The van der Waals surface area contributed by atoms with Crippen LogP contribution < -0.4 is 16.4 Å². The van der Waals surface area contributed by atoms with Crippen molar-refractivity contribution < 1.29 is 44.0 Å². The predicted molar refractivity (Wildman–Crippen MR) is 101 cm³/mol. The number of hydrogen-bond acceptors (Lipinski definition) is 7. The molecule has 0 saturated carbocycles. The Hall–Kier alpha value is -2.89. The van der Waals surface area contributed by atoms with Crippen LogP contribution in [-0.2, 0) is 23.9 Å². The Morgan fingerprint density at radius 2 is 1.55 bits per heavy atom. The third-order valence-electron chi connectivity index (χ3n) is 3.19. The van der Waals surface area contributed by atoms with Crippen molar-refractivity contribution in [3.8, 4) is 0 Å². The van der Waals surface area contributed by atoms with Crippen molar-refractivity contribution in [3.63, 3.8) is 0 Å². The van der Waals surface area contributed by atoms with Gasteiger partial charge in [-0.25, -0.2) is 14.4 Å². The van der Waals surface area contributed by atoms with E-state index in [1.807, 2.05) is 0 Å². The van der Waals surface area contributed by atoms with E-state index in [4.69, 9.17) is 30.6 Å². The molecule has 168 valence electrons. The van der Waals surface area contributed by atoms with Gasteiger partial charge in [-0.2, -0.15) is 0 Å². The first kappa shape index (κ1) is 28.3. The average Bonchev–Trinajstić information content (AvgIpc) is 2.56. The molecule has 0 fully saturated rings. The first-order valence-corrected chi connectivity index (χ1v) is 8.90. The Morgan fingerprint density at radius 1 is 1.03 bits per heavy atom. The second-order valence-electron chi connectivity index (χ2n) is 6.92. The summed E-state index contributed by atoms with van der Waals surface area (Å²) in [5.74, 6) is -3.17. The molecule has 0 aromatic heterocycles. The van der Waals surface area contributed by atoms with E-state index in [1.54, 1.807) is 20.8 Å². The molecule has 2 amide bonds. The highest BCUT2D eigenvalue weighted by Gasteiger charge is 2.28. The van der Waals surface area contributed by atoms with Gasteiger partial charge in [0.15, 0.2) is 0 Å². The number of ether oxygens (including phenoxy) is 1. The van der Waals surface area contributed by atoms with Crippen molar-refractivity contribution in [2.45, 2.75) is 70.6 Å². The molecule has 12 nitrogen and oxygen atoms in total. The fourth-order valence-corrected chi connectivity index (χ4v) is 2.00. The first-order chi connectivity index (χ1) is 13.4. The van der Waals surface area contributed by atoms with Crippen LogP contribution in [0, 0.1) is 0 Å². The number of aliphatic carboxylic acids is 2. The number of esters is 1. The van der Waals surface area contributed by atoms with Gasteiger partial charge in [0.25, 0.3) is 6.47 Å². The summed E-state index contributed by atoms with van der Waals surface area (Å²) in [6.45, 7) is 5.25. The number of hydrogen-bond donors (Lipinski definition) is 6. The second kappa shape index (κ2) is 15.1. The molecule has 0 aromatic rings. The molecule has 7 N–H and O–H groups in total. The van der Waals surface area contributed by atoms with Crippen molar-refractivity contribution in [2.24, 2.45) is 5.73 Å². The zero-order valence-electron chi connectivity index (χ0n) is 16.8. The summed E-state index contributed by atoms with van der Waals surface area (Å²) in [6, 6.07) is -3.23. The molecular weight excluding hydrogens is 390 g/mol. The maximum absolute atomic E-state index is 12.2. The lowest BCUT2D eigenvalue weighted by Gasteiger charge is -2.25. The Kier molecular flexibility index (Phi) is 14.7. The number of nitrogens with one attached hydrogen (secondary N) is 2. The summed E-state index contributed by atoms with van der Waals surface area (Å²) < 4.78 is 5.26. The molecule has 0 spiro atoms. The van der Waals surface area contributed by atoms with Crippen LogP contribution in [0.25, 0.3) is 0 Å². The number of carbonyl (C=O) groups is 5. The van der Waals surface area contributed by atoms with Gasteiger partial charge >= 0.3 is 23.9 Å². The normalized spacial score (nSPS) is 12.4. The highest BCUT2D eigenvalue weighted by molar-refractivity contribution is 5.86. The number of carboxylic acids is 2. The van der Waals surface area contributed by atoms with Crippen molar-refractivity contribution in [2.75, 3.05) is 6.54 Å². The van der Waals surface area contributed by atoms with E-state index in [9.17, 15) is 19.2 Å². The average molecular weight is 421 g/mol. The highest BCUT2D eigenvalue weighted by atomic mass is 16.6. The molecule has 2 atom stereocenters. The standard InChI is InChI=1S/C16H29N3O7.CH2O2/c1-16(2,3)26-14(24)11(6-4-5-9-17)19-15(25)18-10(13(22)23)7-8-12(20)21;2-1-3/h10-11H,4-9,17H2,1-3H3,(H,20,21)(H,22,23)(H2,18,19,25);1H,(H,2,3). The van der Waals surface area contributed by atoms with Gasteiger partial charge in [-0.05, 0) is 53.0 Å². The van der Waals surface area contributed by atoms with E-state index in [0.29, 0.717) is 19.4 Å². The molecule has 12 heteroatoms. The molecule has 0 bridgehead atoms. The van der Waals surface area contributed by atoms with Gasteiger partial charge in [0.1, 0.15) is 17.7 Å². The Bertz CT molecular complexity index is 547. The van der Waals surface area contributed by atoms with Crippen LogP contribution >= 0.6 is 0 Å². The number of urea groups is 1. The summed E-state index contributed by atoms with van der Waals surface area (Å²) in [5.41, 5.74) is 4.68. The molecular formula is C17H31N3O9. The number of carboxylic acid groups (broad SMARTS) is 3. The van der Waals surface area contributed by atoms with Crippen molar-refractivity contribution in [1.29, 1.82) is 0 Å². The molecule has 0 saturated heterocycles. The number of unbranched alkanes of at least 4 members (excludes halogenated alkanes) is 1. The third-order valence-corrected chi connectivity index (χ3v) is 3.19. The summed E-state index contributed by atoms with van der Waals surface area (Å²) in [4.78, 5) is 54.3. The molecule has 0 rings (SSSR count). The Balaban J connectivity index is 0. The van der Waals surface area contributed by atoms with Crippen molar-refractivity contribution in [1.82, 2.24) is 10.6 Å². The van der Waals surface area contributed by atoms with Gasteiger partial charge in [-0.3, -0.25) is 9.59 Å². The topological polar surface area (TPSA) is 205 Å². The van der Waals surface area contributed by atoms with E-state index in [0.717, 1.165) is 0 Å². The minimum atomic E-state index is -1.38. The van der Waals surface area contributed by atoms with E-state index in [1.165, 1.54) is 0 Å². The van der Waals surface area contributed by atoms with Gasteiger partial charge in [0.05, 0.1) is 0 Å². The zero-order chi connectivity index (χ0) is 23.0. The molecule has 0 radical (unpaired) electrons. The zero-order valence-corrected chi connectivity index (χ0v) is 16.8. The SMILES string of the molecule is CC(C)(C)OC(=O)C(CCCCN)NC(=O)NC(CCC(=O)O)C(=O)O.O=CO. The first-order valence-electron chi connectivity index (χ1n) is 8.90. The Labute approximate surface area is 168 Å². The minimum absolute atomic E-state index is 0.250. The summed E-state index contributed by atoms with van der Waals surface area (Å²) >= 11 is 0. The summed E-state index contributed by atoms with van der Waals surface area (Å²) in [6.07, 6.45) is 0.818. The summed E-state index contributed by atoms with van der Waals surface area (Å²) in [5, 5.41) is 29.1. The monoisotopic (exact) mass is 421 g/mol. The molecule has 0 aromatic carbocycles. The smallest absolute Gasteiger partial charge is 0.329 e. The molecule has 29 heavy (non-hydrogen) atoms. The van der Waals surface area contributed by atoms with Crippen LogP contribution in [0.3, 0.4) is 0 Å². The van der Waals surface area contributed by atoms with Crippen LogP contribution in [0.1, 0.15) is 52.9 Å². The van der Waals surface area contributed by atoms with Crippen LogP contribution in [0.5, 0.6) is 0 Å². The van der Waals surface area contributed by atoms with Gasteiger partial charge in [0, 0.05) is 6.42 Å². The highest BCUT2D eigenvalue weighted by Crippen LogP contribution is 2.11. The summed E-state index contributed by atoms with van der Waals surface area (Å²) in [7, 11) is 0. The molecule has 0 aliphatic heterocycles. The van der Waals surface area contributed by atoms with Crippen LogP contribution in [0.15, 0.2) is 0 Å². The van der Waals surface area contributed by atoms with Gasteiger partial charge in [-0.1, -0.05) is 0 Å². The molecule has 2 unspecified atom stereocenters. The largest absolute Gasteiger partial charge is 0.483 e. The van der Waals surface area contributed by atoms with E-state index in [2.05, 4.69) is 10.6 Å². The number of rotatable bonds is 11. The van der Waals surface area contributed by atoms with E-state index < -0.39 is 48.0 Å². The number of nitrogens with two attached hydrogens (primary N) is 1. The van der Waals surface area contributed by atoms with Gasteiger partial charge in [-0.15, -0.1) is 0 Å². The second-order valence-corrected chi connectivity index (χ2v) is 6.92. The van der Waals surface area contributed by atoms with Gasteiger partial charge in [0.2, 0.25) is 0 Å². The van der Waals surface area contributed by atoms with Crippen molar-refractivity contribution in [3.05, 3.63) is 0 Å². The molecule has 0 heterocycles. The van der Waals surface area contributed by atoms with Crippen LogP contribution in [0.4, 0.5) is 4.79 Å². The fourth-order valence-electron chi connectivity index (χ4n) is 2.00. The fraction of sp³-hybridized carbons (Fsp3) is 0.706. The van der Waals surface area contributed by atoms with Crippen LogP contribution in [0.2, 0.25) is 0 Å². The quantitative estimate of drug-likeness (QED) is 0.151. The van der Waals surface area contributed by atoms with Crippen LogP contribution in [-0.4, -0.2) is 70.0 Å². The maximum atomic E-state index is 12.2. The number of carbonyl (C=O) groups excluding carboxylic acids is 2. The third kappa shape index (κ3) is 17.0. The minimum Gasteiger partial charge on any atom is -0.483 e. The molecule has 0 aliphatic rings. The van der Waals surface area contributed by atoms with Crippen molar-refractivity contribution >= 4 is 30.4 Å². The number of amides is 2. The van der Waals surface area contributed by atoms with E-state index >= 15 is 0 Å².